The smallest absolute Gasteiger partial charge is 0.390 e. The number of hydrogen-bond donors (Lipinski definition) is 2. The average molecular weight is 700 g/mol. The summed E-state index contributed by atoms with van der Waals surface area (Å²) in [6.07, 6.45) is -1.39. The van der Waals surface area contributed by atoms with Crippen molar-refractivity contribution in [2.45, 2.75) is 55.6 Å². The van der Waals surface area contributed by atoms with Gasteiger partial charge in [0.25, 0.3) is 0 Å². The molecular weight excluding hydrogens is 667 g/mol. The van der Waals surface area contributed by atoms with Gasteiger partial charge in [-0.3, -0.25) is 4.72 Å². The number of alkyl halides is 3. The Morgan fingerprint density at radius 3 is 2.35 bits per heavy atom. The van der Waals surface area contributed by atoms with Gasteiger partial charge >= 0.3 is 12.1 Å². The fourth-order valence-corrected chi connectivity index (χ4v) is 9.17. The van der Waals surface area contributed by atoms with Crippen molar-refractivity contribution in [3.63, 3.8) is 0 Å². The molecule has 1 saturated carbocycles. The molecule has 0 saturated heterocycles. The molecule has 15 heteroatoms. The number of carbonyl (C=O) groups is 1. The highest BCUT2D eigenvalue weighted by Gasteiger charge is 2.41. The van der Waals surface area contributed by atoms with Gasteiger partial charge in [-0.15, -0.1) is 0 Å². The molecule has 0 radical (unpaired) electrons. The van der Waals surface area contributed by atoms with E-state index in [0.29, 0.717) is 12.2 Å². The number of sulfonamides is 2. The highest BCUT2D eigenvalue weighted by atomic mass is 35.5. The summed E-state index contributed by atoms with van der Waals surface area (Å²) in [5.41, 5.74) is 0.479. The second kappa shape index (κ2) is 13.1. The molecule has 1 aliphatic heterocycles. The first-order valence-electron chi connectivity index (χ1n) is 14.7. The van der Waals surface area contributed by atoms with Gasteiger partial charge in [0, 0.05) is 30.9 Å². The molecule has 0 amide bonds. The molecule has 3 aromatic rings. The Morgan fingerprint density at radius 1 is 1.04 bits per heavy atom. The van der Waals surface area contributed by atoms with Gasteiger partial charge in [0.2, 0.25) is 20.0 Å². The second-order valence-electron chi connectivity index (χ2n) is 11.6. The molecule has 0 spiro atoms. The van der Waals surface area contributed by atoms with Gasteiger partial charge in [-0.2, -0.15) is 17.5 Å². The molecule has 1 aliphatic carbocycles. The van der Waals surface area contributed by atoms with Crippen LogP contribution in [0, 0.1) is 5.92 Å². The lowest BCUT2D eigenvalue weighted by atomic mass is 9.83. The van der Waals surface area contributed by atoms with Gasteiger partial charge in [0.15, 0.2) is 0 Å². The number of nitrogens with one attached hydrogen (secondary N) is 1. The standard InChI is InChI=1S/C31H33ClF3N3O6S2/c1-37-28(20-8-4-2-5-9-20)19-38(22-10-6-3-7-11-22)27-18-25(32)23(17-29(27)46(37,43)44)21-12-13-26(24(16-21)30(39)40)36-45(41,42)15-14-31(33,34)35/h3,6-7,10-13,16-18,20,28,36H,2,4-5,8-9,14-15,19H2,1H3,(H,39,40)/t28-/m0/s1. The van der Waals surface area contributed by atoms with E-state index in [1.54, 1.807) is 7.05 Å². The minimum atomic E-state index is -4.72. The van der Waals surface area contributed by atoms with Gasteiger partial charge < -0.3 is 10.0 Å². The van der Waals surface area contributed by atoms with Crippen LogP contribution in [0.2, 0.25) is 5.02 Å². The topological polar surface area (TPSA) is 124 Å². The molecule has 2 aliphatic rings. The zero-order valence-corrected chi connectivity index (χ0v) is 27.2. The van der Waals surface area contributed by atoms with E-state index in [9.17, 15) is 39.9 Å². The van der Waals surface area contributed by atoms with E-state index >= 15 is 0 Å². The Balaban J connectivity index is 1.60. The summed E-state index contributed by atoms with van der Waals surface area (Å²) in [6.45, 7) is 0.388. The molecule has 0 aromatic heterocycles. The number of hydrogen-bond acceptors (Lipinski definition) is 6. The minimum absolute atomic E-state index is 0.0367. The van der Waals surface area contributed by atoms with E-state index in [-0.39, 0.29) is 33.0 Å². The molecule has 1 fully saturated rings. The summed E-state index contributed by atoms with van der Waals surface area (Å²) in [5.74, 6) is -2.70. The summed E-state index contributed by atoms with van der Waals surface area (Å²) >= 11 is 6.78. The van der Waals surface area contributed by atoms with Crippen molar-refractivity contribution < 1.29 is 39.9 Å². The lowest BCUT2D eigenvalue weighted by molar-refractivity contribution is -0.129. The van der Waals surface area contributed by atoms with Crippen LogP contribution in [0.25, 0.3) is 11.1 Å². The molecule has 1 atom stereocenters. The summed E-state index contributed by atoms with van der Waals surface area (Å²) in [6, 6.07) is 15.5. The predicted molar refractivity (Wildman–Crippen MR) is 171 cm³/mol. The number of carboxylic acid groups (broad SMARTS) is 1. The highest BCUT2D eigenvalue weighted by molar-refractivity contribution is 7.92. The summed E-state index contributed by atoms with van der Waals surface area (Å²) in [4.78, 5) is 14.0. The maximum atomic E-state index is 14.3. The SMILES string of the molecule is CN1[C@H](C2CCCCC2)CN(c2ccccc2)c2cc(Cl)c(-c3ccc(NS(=O)(=O)CCC(F)(F)F)c(C(=O)O)c3)cc2S1(=O)=O. The number of aromatic carboxylic acids is 1. The first kappa shape index (κ1) is 34.0. The van der Waals surface area contributed by atoms with E-state index in [2.05, 4.69) is 0 Å². The number of benzene rings is 3. The number of carboxylic acids is 1. The highest BCUT2D eigenvalue weighted by Crippen LogP contribution is 2.45. The van der Waals surface area contributed by atoms with Crippen LogP contribution in [0.5, 0.6) is 0 Å². The van der Waals surface area contributed by atoms with Gasteiger partial charge in [0.05, 0.1) is 34.1 Å². The largest absolute Gasteiger partial charge is 0.478 e. The van der Waals surface area contributed by atoms with Crippen molar-refractivity contribution in [1.29, 1.82) is 0 Å². The Kier molecular flexibility index (Phi) is 9.65. The van der Waals surface area contributed by atoms with Crippen LogP contribution < -0.4 is 9.62 Å². The molecule has 2 N–H and O–H groups in total. The van der Waals surface area contributed by atoms with Crippen LogP contribution in [0.1, 0.15) is 48.9 Å². The Labute approximate surface area is 271 Å². The van der Waals surface area contributed by atoms with Gasteiger partial charge in [0.1, 0.15) is 4.90 Å². The van der Waals surface area contributed by atoms with Gasteiger partial charge in [-0.25, -0.2) is 21.6 Å². The van der Waals surface area contributed by atoms with E-state index in [1.165, 1.54) is 22.5 Å². The normalized spacial score (nSPS) is 19.3. The number of nitrogens with zero attached hydrogens (tertiary/aromatic N) is 2. The van der Waals surface area contributed by atoms with Crippen LogP contribution in [0.4, 0.5) is 30.2 Å². The van der Waals surface area contributed by atoms with Crippen LogP contribution >= 0.6 is 11.6 Å². The van der Waals surface area contributed by atoms with Crippen molar-refractivity contribution >= 4 is 54.7 Å². The fraction of sp³-hybridized carbons (Fsp3) is 0.387. The molecule has 0 bridgehead atoms. The van der Waals surface area contributed by atoms with Crippen molar-refractivity contribution in [3.05, 3.63) is 71.2 Å². The van der Waals surface area contributed by atoms with Gasteiger partial charge in [-0.05, 0) is 60.7 Å². The summed E-state index contributed by atoms with van der Waals surface area (Å²) in [5, 5.41) is 9.98. The van der Waals surface area contributed by atoms with E-state index < -0.39 is 55.6 Å². The minimum Gasteiger partial charge on any atom is -0.478 e. The summed E-state index contributed by atoms with van der Waals surface area (Å²) in [7, 11) is -7.06. The molecule has 5 rings (SSSR count). The maximum absolute atomic E-state index is 14.3. The lowest BCUT2D eigenvalue weighted by Crippen LogP contribution is -2.46. The quantitative estimate of drug-likeness (QED) is 0.257. The van der Waals surface area contributed by atoms with Crippen molar-refractivity contribution in [2.75, 3.05) is 29.0 Å². The zero-order chi connectivity index (χ0) is 33.4. The molecule has 1 heterocycles. The Bertz CT molecular complexity index is 1830. The first-order valence-corrected chi connectivity index (χ1v) is 18.1. The van der Waals surface area contributed by atoms with E-state index in [1.807, 2.05) is 40.0 Å². The molecule has 248 valence electrons. The van der Waals surface area contributed by atoms with Crippen molar-refractivity contribution in [3.8, 4) is 11.1 Å². The van der Waals surface area contributed by atoms with Crippen molar-refractivity contribution in [1.82, 2.24) is 4.31 Å². The number of rotatable bonds is 8. The number of halogens is 4. The number of fused-ring (bicyclic) bond motifs is 1. The third-order valence-electron chi connectivity index (χ3n) is 8.58. The molecular formula is C31H33ClF3N3O6S2. The maximum Gasteiger partial charge on any atom is 0.390 e. The lowest BCUT2D eigenvalue weighted by Gasteiger charge is -2.36. The monoisotopic (exact) mass is 699 g/mol. The third-order valence-corrected chi connectivity index (χ3v) is 12.1. The van der Waals surface area contributed by atoms with Crippen LogP contribution in [0.15, 0.2) is 65.6 Å². The van der Waals surface area contributed by atoms with E-state index in [0.717, 1.165) is 49.9 Å². The summed E-state index contributed by atoms with van der Waals surface area (Å²) < 4.78 is 94.4. The number of anilines is 3. The third kappa shape index (κ3) is 7.29. The predicted octanol–water partition coefficient (Wildman–Crippen LogP) is 7.12. The van der Waals surface area contributed by atoms with Crippen molar-refractivity contribution in [2.24, 2.45) is 5.92 Å². The molecule has 3 aromatic carbocycles. The first-order chi connectivity index (χ1) is 21.6. The second-order valence-corrected chi connectivity index (χ2v) is 15.8. The molecule has 0 unspecified atom stereocenters. The molecule has 9 nitrogen and oxygen atoms in total. The molecule has 46 heavy (non-hydrogen) atoms. The Hall–Kier alpha value is -3.33. The van der Waals surface area contributed by atoms with Gasteiger partial charge in [-0.1, -0.05) is 55.1 Å². The Morgan fingerprint density at radius 2 is 1.72 bits per heavy atom. The number of likely N-dealkylation sites (N-methyl/N-ethyl adjacent to an activating group) is 1. The van der Waals surface area contributed by atoms with E-state index in [4.69, 9.17) is 11.6 Å². The van der Waals surface area contributed by atoms with Crippen LogP contribution in [-0.4, -0.2) is 63.8 Å². The van der Waals surface area contributed by atoms with Crippen LogP contribution in [0.3, 0.4) is 0 Å². The zero-order valence-electron chi connectivity index (χ0n) is 24.8. The fourth-order valence-electron chi connectivity index (χ4n) is 6.18. The van der Waals surface area contributed by atoms with Crippen LogP contribution in [-0.2, 0) is 20.0 Å². The average Bonchev–Trinajstić information content (AvgIpc) is 3.08. The number of para-hydroxylation sites is 1.